The third kappa shape index (κ3) is 1.87. The molecule has 0 amide bonds. The molecule has 0 atom stereocenters. The van der Waals surface area contributed by atoms with E-state index in [-0.39, 0.29) is 5.97 Å². The predicted octanol–water partition coefficient (Wildman–Crippen LogP) is 3.13. The van der Waals surface area contributed by atoms with E-state index in [2.05, 4.69) is 13.0 Å². The Kier molecular flexibility index (Phi) is 3.09. The van der Waals surface area contributed by atoms with Crippen LogP contribution in [-0.2, 0) is 11.2 Å². The lowest BCUT2D eigenvalue weighted by Crippen LogP contribution is -2.10. The maximum Gasteiger partial charge on any atom is 0.338 e. The first-order valence-corrected chi connectivity index (χ1v) is 5.70. The highest BCUT2D eigenvalue weighted by molar-refractivity contribution is 5.94. The van der Waals surface area contributed by atoms with Crippen LogP contribution in [0.25, 0.3) is 6.08 Å². The second-order valence-corrected chi connectivity index (χ2v) is 3.98. The van der Waals surface area contributed by atoms with E-state index in [1.165, 1.54) is 11.1 Å². The van der Waals surface area contributed by atoms with Crippen LogP contribution in [0.5, 0.6) is 0 Å². The van der Waals surface area contributed by atoms with Gasteiger partial charge in [0.25, 0.3) is 0 Å². The van der Waals surface area contributed by atoms with Gasteiger partial charge < -0.3 is 4.74 Å². The molecule has 2 heteroatoms. The lowest BCUT2D eigenvalue weighted by atomic mass is 9.90. The van der Waals surface area contributed by atoms with Crippen LogP contribution in [0.3, 0.4) is 0 Å². The van der Waals surface area contributed by atoms with Crippen molar-refractivity contribution < 1.29 is 9.53 Å². The van der Waals surface area contributed by atoms with E-state index in [4.69, 9.17) is 4.74 Å². The van der Waals surface area contributed by atoms with Crippen molar-refractivity contribution in [2.24, 2.45) is 0 Å². The van der Waals surface area contributed by atoms with Gasteiger partial charge in [0.1, 0.15) is 0 Å². The maximum absolute atomic E-state index is 11.8. The standard InChI is InChI=1S/C14H16O2/c1-3-16-14(15)13-9-8-10(2)11-6-4-5-7-12(11)13/h5,7-9H,3-4,6H2,1-2H3. The number of benzene rings is 1. The van der Waals surface area contributed by atoms with Gasteiger partial charge in [0, 0.05) is 0 Å². The van der Waals surface area contributed by atoms with Crippen LogP contribution < -0.4 is 0 Å². The summed E-state index contributed by atoms with van der Waals surface area (Å²) in [7, 11) is 0. The van der Waals surface area contributed by atoms with E-state index in [1.54, 1.807) is 0 Å². The molecule has 2 rings (SSSR count). The van der Waals surface area contributed by atoms with E-state index < -0.39 is 0 Å². The summed E-state index contributed by atoms with van der Waals surface area (Å²) in [5.41, 5.74) is 4.28. The summed E-state index contributed by atoms with van der Waals surface area (Å²) < 4.78 is 5.06. The van der Waals surface area contributed by atoms with Gasteiger partial charge in [-0.1, -0.05) is 18.2 Å². The van der Waals surface area contributed by atoms with Crippen LogP contribution in [0.4, 0.5) is 0 Å². The van der Waals surface area contributed by atoms with Crippen molar-refractivity contribution in [3.63, 3.8) is 0 Å². The van der Waals surface area contributed by atoms with Crippen LogP contribution in [0.1, 0.15) is 40.4 Å². The molecule has 1 aromatic carbocycles. The molecule has 2 nitrogen and oxygen atoms in total. The number of rotatable bonds is 2. The summed E-state index contributed by atoms with van der Waals surface area (Å²) in [6, 6.07) is 3.87. The average molecular weight is 216 g/mol. The largest absolute Gasteiger partial charge is 0.462 e. The van der Waals surface area contributed by atoms with Crippen molar-refractivity contribution in [3.8, 4) is 0 Å². The summed E-state index contributed by atoms with van der Waals surface area (Å²) in [4.78, 5) is 11.8. The first-order valence-electron chi connectivity index (χ1n) is 5.70. The third-order valence-electron chi connectivity index (χ3n) is 2.93. The van der Waals surface area contributed by atoms with Gasteiger partial charge >= 0.3 is 5.97 Å². The number of allylic oxidation sites excluding steroid dienone is 1. The topological polar surface area (TPSA) is 26.3 Å². The zero-order valence-corrected chi connectivity index (χ0v) is 9.75. The number of esters is 1. The molecule has 1 aromatic rings. The van der Waals surface area contributed by atoms with Crippen LogP contribution >= 0.6 is 0 Å². The highest BCUT2D eigenvalue weighted by atomic mass is 16.5. The minimum atomic E-state index is -0.217. The molecule has 1 aliphatic carbocycles. The second-order valence-electron chi connectivity index (χ2n) is 3.98. The molecule has 16 heavy (non-hydrogen) atoms. The van der Waals surface area contributed by atoms with Crippen LogP contribution in [0, 0.1) is 6.92 Å². The molecule has 1 aliphatic rings. The SMILES string of the molecule is CCOC(=O)c1ccc(C)c2c1C=CCC2. The molecule has 0 unspecified atom stereocenters. The quantitative estimate of drug-likeness (QED) is 0.710. The second kappa shape index (κ2) is 4.52. The Balaban J connectivity index is 2.48. The Morgan fingerprint density at radius 3 is 3.00 bits per heavy atom. The molecule has 0 saturated carbocycles. The first kappa shape index (κ1) is 10.9. The molecule has 84 valence electrons. The fourth-order valence-electron chi connectivity index (χ4n) is 2.11. The lowest BCUT2D eigenvalue weighted by molar-refractivity contribution is 0.0526. The molecular weight excluding hydrogens is 200 g/mol. The highest BCUT2D eigenvalue weighted by Crippen LogP contribution is 2.26. The number of hydrogen-bond donors (Lipinski definition) is 0. The van der Waals surface area contributed by atoms with Gasteiger partial charge in [-0.05, 0) is 49.4 Å². The zero-order chi connectivity index (χ0) is 11.5. The van der Waals surface area contributed by atoms with Crippen molar-refractivity contribution >= 4 is 12.0 Å². The molecule has 0 spiro atoms. The zero-order valence-electron chi connectivity index (χ0n) is 9.75. The number of hydrogen-bond acceptors (Lipinski definition) is 2. The fraction of sp³-hybridized carbons (Fsp3) is 0.357. The van der Waals surface area contributed by atoms with Crippen LogP contribution in [0.15, 0.2) is 18.2 Å². The number of carbonyl (C=O) groups excluding carboxylic acids is 1. The van der Waals surface area contributed by atoms with Gasteiger partial charge in [0.05, 0.1) is 12.2 Å². The van der Waals surface area contributed by atoms with E-state index in [9.17, 15) is 4.79 Å². The molecule has 0 radical (unpaired) electrons. The third-order valence-corrected chi connectivity index (χ3v) is 2.93. The van der Waals surface area contributed by atoms with Crippen LogP contribution in [-0.4, -0.2) is 12.6 Å². The van der Waals surface area contributed by atoms with Gasteiger partial charge in [0.15, 0.2) is 0 Å². The van der Waals surface area contributed by atoms with E-state index in [1.807, 2.05) is 25.1 Å². The Hall–Kier alpha value is -1.57. The predicted molar refractivity (Wildman–Crippen MR) is 64.5 cm³/mol. The van der Waals surface area contributed by atoms with Gasteiger partial charge in [-0.2, -0.15) is 0 Å². The summed E-state index contributed by atoms with van der Waals surface area (Å²) in [5.74, 6) is -0.217. The Bertz CT molecular complexity index is 444. The minimum absolute atomic E-state index is 0.217. The van der Waals surface area contributed by atoms with E-state index in [0.717, 1.165) is 18.4 Å². The number of ether oxygens (including phenoxy) is 1. The Morgan fingerprint density at radius 1 is 1.44 bits per heavy atom. The molecule has 0 aliphatic heterocycles. The fourth-order valence-corrected chi connectivity index (χ4v) is 2.11. The molecule has 0 saturated heterocycles. The minimum Gasteiger partial charge on any atom is -0.462 e. The van der Waals surface area contributed by atoms with Gasteiger partial charge in [-0.3, -0.25) is 0 Å². The summed E-state index contributed by atoms with van der Waals surface area (Å²) >= 11 is 0. The molecule has 0 heterocycles. The monoisotopic (exact) mass is 216 g/mol. The smallest absolute Gasteiger partial charge is 0.338 e. The number of carbonyl (C=O) groups is 1. The number of fused-ring (bicyclic) bond motifs is 1. The lowest BCUT2D eigenvalue weighted by Gasteiger charge is -2.16. The molecule has 0 N–H and O–H groups in total. The van der Waals surface area contributed by atoms with Crippen molar-refractivity contribution in [2.75, 3.05) is 6.61 Å². The number of aryl methyl sites for hydroxylation is 1. The average Bonchev–Trinajstić information content (AvgIpc) is 2.30. The summed E-state index contributed by atoms with van der Waals surface area (Å²) in [5, 5.41) is 0. The summed E-state index contributed by atoms with van der Waals surface area (Å²) in [6.07, 6.45) is 6.23. The summed E-state index contributed by atoms with van der Waals surface area (Å²) in [6.45, 7) is 4.34. The van der Waals surface area contributed by atoms with Crippen LogP contribution in [0.2, 0.25) is 0 Å². The Morgan fingerprint density at radius 2 is 2.25 bits per heavy atom. The van der Waals surface area contributed by atoms with E-state index in [0.29, 0.717) is 12.2 Å². The van der Waals surface area contributed by atoms with Crippen molar-refractivity contribution in [1.29, 1.82) is 0 Å². The Labute approximate surface area is 95.9 Å². The first-order chi connectivity index (χ1) is 7.74. The molecule has 0 aromatic heterocycles. The molecular formula is C14H16O2. The van der Waals surface area contributed by atoms with Crippen molar-refractivity contribution in [1.82, 2.24) is 0 Å². The van der Waals surface area contributed by atoms with Gasteiger partial charge in [-0.15, -0.1) is 0 Å². The maximum atomic E-state index is 11.8. The van der Waals surface area contributed by atoms with Gasteiger partial charge in [-0.25, -0.2) is 4.79 Å². The normalized spacial score (nSPS) is 13.4. The van der Waals surface area contributed by atoms with Crippen molar-refractivity contribution in [2.45, 2.75) is 26.7 Å². The van der Waals surface area contributed by atoms with Gasteiger partial charge in [0.2, 0.25) is 0 Å². The molecule has 0 bridgehead atoms. The highest BCUT2D eigenvalue weighted by Gasteiger charge is 2.17. The molecule has 0 fully saturated rings. The van der Waals surface area contributed by atoms with Crippen molar-refractivity contribution in [3.05, 3.63) is 40.5 Å². The van der Waals surface area contributed by atoms with E-state index >= 15 is 0 Å².